The monoisotopic (exact) mass is 267 g/mol. The molecule has 0 aliphatic rings. The van der Waals surface area contributed by atoms with Crippen molar-refractivity contribution in [3.63, 3.8) is 0 Å². The summed E-state index contributed by atoms with van der Waals surface area (Å²) in [6.45, 7) is 10.8. The van der Waals surface area contributed by atoms with Crippen molar-refractivity contribution in [3.8, 4) is 0 Å². The van der Waals surface area contributed by atoms with E-state index in [0.717, 1.165) is 31.7 Å². The van der Waals surface area contributed by atoms with E-state index in [1.165, 1.54) is 12.1 Å². The SMILES string of the molecule is CCOCCC(CNC(C)(C)C)c1ccc(F)cc1. The molecule has 0 radical (unpaired) electrons. The number of nitrogens with one attached hydrogen (secondary N) is 1. The zero-order chi connectivity index (χ0) is 14.3. The van der Waals surface area contributed by atoms with Crippen LogP contribution in [-0.4, -0.2) is 25.3 Å². The highest BCUT2D eigenvalue weighted by molar-refractivity contribution is 5.21. The molecular formula is C16H26FNO. The highest BCUT2D eigenvalue weighted by Gasteiger charge is 2.16. The van der Waals surface area contributed by atoms with E-state index in [-0.39, 0.29) is 11.4 Å². The van der Waals surface area contributed by atoms with Crippen molar-refractivity contribution in [2.45, 2.75) is 45.6 Å². The third-order valence-electron chi connectivity index (χ3n) is 3.03. The lowest BCUT2D eigenvalue weighted by Gasteiger charge is -2.25. The van der Waals surface area contributed by atoms with Crippen LogP contribution in [0.5, 0.6) is 0 Å². The summed E-state index contributed by atoms with van der Waals surface area (Å²) in [5, 5.41) is 3.51. The van der Waals surface area contributed by atoms with Crippen LogP contribution < -0.4 is 5.32 Å². The van der Waals surface area contributed by atoms with Gasteiger partial charge in [0.1, 0.15) is 5.82 Å². The lowest BCUT2D eigenvalue weighted by molar-refractivity contribution is 0.138. The predicted molar refractivity (Wildman–Crippen MR) is 78.0 cm³/mol. The molecule has 0 spiro atoms. The molecule has 0 heterocycles. The van der Waals surface area contributed by atoms with Gasteiger partial charge in [-0.1, -0.05) is 12.1 Å². The molecule has 3 heteroatoms. The maximum Gasteiger partial charge on any atom is 0.123 e. The minimum Gasteiger partial charge on any atom is -0.382 e. The van der Waals surface area contributed by atoms with Crippen LogP contribution in [-0.2, 0) is 4.74 Å². The second-order valence-corrected chi connectivity index (χ2v) is 5.86. The number of halogens is 1. The first kappa shape index (κ1) is 16.1. The smallest absolute Gasteiger partial charge is 0.123 e. The van der Waals surface area contributed by atoms with Crippen molar-refractivity contribution in [2.24, 2.45) is 0 Å². The standard InChI is InChI=1S/C16H26FNO/c1-5-19-11-10-14(12-18-16(2,3)4)13-6-8-15(17)9-7-13/h6-9,14,18H,5,10-12H2,1-4H3. The number of benzene rings is 1. The van der Waals surface area contributed by atoms with Crippen molar-refractivity contribution < 1.29 is 9.13 Å². The summed E-state index contributed by atoms with van der Waals surface area (Å²) in [5.41, 5.74) is 1.25. The fraction of sp³-hybridized carbons (Fsp3) is 0.625. The average Bonchev–Trinajstić information content (AvgIpc) is 2.34. The topological polar surface area (TPSA) is 21.3 Å². The second-order valence-electron chi connectivity index (χ2n) is 5.86. The van der Waals surface area contributed by atoms with E-state index < -0.39 is 0 Å². The van der Waals surface area contributed by atoms with Crippen molar-refractivity contribution in [1.82, 2.24) is 5.32 Å². The Morgan fingerprint density at radius 1 is 1.21 bits per heavy atom. The summed E-state index contributed by atoms with van der Waals surface area (Å²) in [6.07, 6.45) is 0.947. The number of rotatable bonds is 7. The summed E-state index contributed by atoms with van der Waals surface area (Å²) in [5.74, 6) is 0.169. The summed E-state index contributed by atoms with van der Waals surface area (Å²) in [7, 11) is 0. The average molecular weight is 267 g/mol. The maximum atomic E-state index is 13.0. The van der Waals surface area contributed by atoms with Gasteiger partial charge in [-0.15, -0.1) is 0 Å². The summed E-state index contributed by atoms with van der Waals surface area (Å²) in [6, 6.07) is 6.80. The molecule has 19 heavy (non-hydrogen) atoms. The molecule has 2 nitrogen and oxygen atoms in total. The predicted octanol–water partition coefficient (Wildman–Crippen LogP) is 3.72. The summed E-state index contributed by atoms with van der Waals surface area (Å²) >= 11 is 0. The molecule has 0 amide bonds. The Labute approximate surface area is 116 Å². The van der Waals surface area contributed by atoms with Crippen LogP contribution in [0.3, 0.4) is 0 Å². The van der Waals surface area contributed by atoms with E-state index in [1.807, 2.05) is 19.1 Å². The van der Waals surface area contributed by atoms with Gasteiger partial charge in [-0.05, 0) is 57.7 Å². The lowest BCUT2D eigenvalue weighted by Crippen LogP contribution is -2.38. The first-order valence-electron chi connectivity index (χ1n) is 7.00. The van der Waals surface area contributed by atoms with Gasteiger partial charge in [-0.3, -0.25) is 0 Å². The maximum absolute atomic E-state index is 13.0. The highest BCUT2D eigenvalue weighted by Crippen LogP contribution is 2.20. The van der Waals surface area contributed by atoms with Gasteiger partial charge in [0.2, 0.25) is 0 Å². The Balaban J connectivity index is 2.65. The van der Waals surface area contributed by atoms with Crippen molar-refractivity contribution in [1.29, 1.82) is 0 Å². The first-order valence-corrected chi connectivity index (χ1v) is 7.00. The van der Waals surface area contributed by atoms with Gasteiger partial charge in [0, 0.05) is 25.3 Å². The zero-order valence-corrected chi connectivity index (χ0v) is 12.5. The number of hydrogen-bond acceptors (Lipinski definition) is 2. The quantitative estimate of drug-likeness (QED) is 0.760. The third kappa shape index (κ3) is 6.69. The Kier molecular flexibility index (Phi) is 6.46. The van der Waals surface area contributed by atoms with Crippen LogP contribution in [0.2, 0.25) is 0 Å². The molecule has 0 saturated heterocycles. The molecule has 1 aromatic carbocycles. The third-order valence-corrected chi connectivity index (χ3v) is 3.03. The van der Waals surface area contributed by atoms with Gasteiger partial charge in [-0.25, -0.2) is 4.39 Å². The first-order chi connectivity index (χ1) is 8.92. The molecule has 1 rings (SSSR count). The number of ether oxygens (including phenoxy) is 1. The number of hydrogen-bond donors (Lipinski definition) is 1. The van der Waals surface area contributed by atoms with Crippen molar-refractivity contribution in [2.75, 3.05) is 19.8 Å². The molecule has 0 bridgehead atoms. The minimum atomic E-state index is -0.184. The molecule has 0 aliphatic carbocycles. The van der Waals surface area contributed by atoms with Crippen LogP contribution in [0.4, 0.5) is 4.39 Å². The Morgan fingerprint density at radius 2 is 1.84 bits per heavy atom. The van der Waals surface area contributed by atoms with Gasteiger partial charge in [0.05, 0.1) is 0 Å². The van der Waals surface area contributed by atoms with Gasteiger partial charge >= 0.3 is 0 Å². The molecule has 1 unspecified atom stereocenters. The second kappa shape index (κ2) is 7.61. The van der Waals surface area contributed by atoms with Gasteiger partial charge < -0.3 is 10.1 Å². The van der Waals surface area contributed by atoms with E-state index in [4.69, 9.17) is 4.74 Å². The molecule has 0 aromatic heterocycles. The van der Waals surface area contributed by atoms with Gasteiger partial charge in [0.15, 0.2) is 0 Å². The fourth-order valence-electron chi connectivity index (χ4n) is 1.92. The van der Waals surface area contributed by atoms with Crippen LogP contribution in [0, 0.1) is 5.82 Å². The Morgan fingerprint density at radius 3 is 2.37 bits per heavy atom. The molecule has 108 valence electrons. The van der Waals surface area contributed by atoms with E-state index in [1.54, 1.807) is 0 Å². The summed E-state index contributed by atoms with van der Waals surface area (Å²) in [4.78, 5) is 0. The minimum absolute atomic E-state index is 0.0872. The zero-order valence-electron chi connectivity index (χ0n) is 12.5. The molecule has 1 atom stereocenters. The Bertz CT molecular complexity index is 356. The lowest BCUT2D eigenvalue weighted by atomic mass is 9.94. The van der Waals surface area contributed by atoms with E-state index in [2.05, 4.69) is 26.1 Å². The summed E-state index contributed by atoms with van der Waals surface area (Å²) < 4.78 is 18.4. The fourth-order valence-corrected chi connectivity index (χ4v) is 1.92. The van der Waals surface area contributed by atoms with E-state index in [0.29, 0.717) is 5.92 Å². The van der Waals surface area contributed by atoms with Gasteiger partial charge in [0.25, 0.3) is 0 Å². The van der Waals surface area contributed by atoms with Crippen molar-refractivity contribution >= 4 is 0 Å². The highest BCUT2D eigenvalue weighted by atomic mass is 19.1. The molecule has 1 aromatic rings. The molecule has 0 aliphatic heterocycles. The van der Waals surface area contributed by atoms with Crippen LogP contribution in [0.15, 0.2) is 24.3 Å². The van der Waals surface area contributed by atoms with Crippen molar-refractivity contribution in [3.05, 3.63) is 35.6 Å². The largest absolute Gasteiger partial charge is 0.382 e. The van der Waals surface area contributed by atoms with Crippen LogP contribution in [0.1, 0.15) is 45.6 Å². The van der Waals surface area contributed by atoms with E-state index in [9.17, 15) is 4.39 Å². The van der Waals surface area contributed by atoms with E-state index >= 15 is 0 Å². The van der Waals surface area contributed by atoms with Crippen LogP contribution in [0.25, 0.3) is 0 Å². The molecule has 0 fully saturated rings. The van der Waals surface area contributed by atoms with Crippen LogP contribution >= 0.6 is 0 Å². The molecule has 0 saturated carbocycles. The normalized spacial score (nSPS) is 13.5. The Hall–Kier alpha value is -0.930. The molecule has 1 N–H and O–H groups in total. The molecular weight excluding hydrogens is 241 g/mol. The van der Waals surface area contributed by atoms with Gasteiger partial charge in [-0.2, -0.15) is 0 Å².